The van der Waals surface area contributed by atoms with Gasteiger partial charge in [-0.1, -0.05) is 0 Å². The Hall–Kier alpha value is -2.13. The number of carboxylic acids is 1. The molecule has 0 saturated heterocycles. The van der Waals surface area contributed by atoms with Crippen molar-refractivity contribution in [3.8, 4) is 6.07 Å². The molecule has 0 unspecified atom stereocenters. The third-order valence-corrected chi connectivity index (χ3v) is 4.10. The fourth-order valence-electron chi connectivity index (χ4n) is 2.07. The number of hydrogen-bond acceptors (Lipinski definition) is 4. The first-order chi connectivity index (χ1) is 9.11. The average Bonchev–Trinajstić information content (AvgIpc) is 2.73. The number of amides is 1. The second kappa shape index (κ2) is 5.67. The Kier molecular flexibility index (Phi) is 3.97. The van der Waals surface area contributed by atoms with Gasteiger partial charge >= 0.3 is 5.97 Å². The van der Waals surface area contributed by atoms with Crippen LogP contribution < -0.4 is 5.32 Å². The van der Waals surface area contributed by atoms with E-state index in [0.29, 0.717) is 10.6 Å². The van der Waals surface area contributed by atoms with Crippen molar-refractivity contribution in [3.63, 3.8) is 0 Å². The van der Waals surface area contributed by atoms with Crippen molar-refractivity contribution in [1.82, 2.24) is 0 Å². The molecule has 0 spiro atoms. The SMILES string of the molecule is N#Cc1c(NC(=O)/C=C/C(=O)O)sc2c1CCCC2. The summed E-state index contributed by atoms with van der Waals surface area (Å²) in [6.07, 6.45) is 5.69. The second-order valence-corrected chi connectivity index (χ2v) is 5.29. The molecule has 0 atom stereocenters. The Morgan fingerprint density at radius 2 is 2.05 bits per heavy atom. The van der Waals surface area contributed by atoms with Crippen molar-refractivity contribution in [2.45, 2.75) is 25.7 Å². The highest BCUT2D eigenvalue weighted by Gasteiger charge is 2.21. The summed E-state index contributed by atoms with van der Waals surface area (Å²) < 4.78 is 0. The predicted molar refractivity (Wildman–Crippen MR) is 71.1 cm³/mol. The maximum Gasteiger partial charge on any atom is 0.328 e. The smallest absolute Gasteiger partial charge is 0.328 e. The zero-order valence-corrected chi connectivity index (χ0v) is 10.9. The summed E-state index contributed by atoms with van der Waals surface area (Å²) in [7, 11) is 0. The number of nitrogens with one attached hydrogen (secondary N) is 1. The van der Waals surface area contributed by atoms with Crippen LogP contribution in [0.25, 0.3) is 0 Å². The number of nitriles is 1. The van der Waals surface area contributed by atoms with E-state index >= 15 is 0 Å². The molecule has 2 N–H and O–H groups in total. The topological polar surface area (TPSA) is 90.2 Å². The Balaban J connectivity index is 2.21. The molecular formula is C13H12N2O3S. The fraction of sp³-hybridized carbons (Fsp3) is 0.308. The molecule has 1 aromatic rings. The van der Waals surface area contributed by atoms with E-state index in [1.165, 1.54) is 11.3 Å². The van der Waals surface area contributed by atoms with Gasteiger partial charge in [0.25, 0.3) is 0 Å². The Labute approximate surface area is 114 Å². The Bertz CT molecular complexity index is 596. The normalized spacial score (nSPS) is 13.8. The van der Waals surface area contributed by atoms with Crippen LogP contribution in [0.3, 0.4) is 0 Å². The maximum absolute atomic E-state index is 11.5. The standard InChI is InChI=1S/C13H12N2O3S/c14-7-9-8-3-1-2-4-10(8)19-13(9)15-11(16)5-6-12(17)18/h5-6H,1-4H2,(H,15,16)(H,17,18)/b6-5+. The van der Waals surface area contributed by atoms with E-state index in [1.807, 2.05) is 0 Å². The molecule has 1 aromatic heterocycles. The number of anilines is 1. The minimum absolute atomic E-state index is 0.523. The van der Waals surface area contributed by atoms with Gasteiger partial charge in [0.1, 0.15) is 11.1 Å². The number of carbonyl (C=O) groups is 2. The van der Waals surface area contributed by atoms with Crippen LogP contribution in [0.15, 0.2) is 12.2 Å². The van der Waals surface area contributed by atoms with Crippen molar-refractivity contribution in [1.29, 1.82) is 5.26 Å². The van der Waals surface area contributed by atoms with Crippen LogP contribution >= 0.6 is 11.3 Å². The number of carboxylic acid groups (broad SMARTS) is 1. The molecule has 0 aromatic carbocycles. The minimum atomic E-state index is -1.18. The zero-order chi connectivity index (χ0) is 13.8. The lowest BCUT2D eigenvalue weighted by Gasteiger charge is -2.09. The van der Waals surface area contributed by atoms with Crippen molar-refractivity contribution in [2.75, 3.05) is 5.32 Å². The van der Waals surface area contributed by atoms with Crippen LogP contribution in [-0.2, 0) is 22.4 Å². The zero-order valence-electron chi connectivity index (χ0n) is 10.1. The highest BCUT2D eigenvalue weighted by molar-refractivity contribution is 7.16. The first-order valence-corrected chi connectivity index (χ1v) is 6.70. The van der Waals surface area contributed by atoms with Gasteiger partial charge in [0.05, 0.1) is 5.56 Å². The summed E-state index contributed by atoms with van der Waals surface area (Å²) in [6.45, 7) is 0. The minimum Gasteiger partial charge on any atom is -0.478 e. The molecule has 98 valence electrons. The molecule has 0 aliphatic heterocycles. The molecule has 0 saturated carbocycles. The second-order valence-electron chi connectivity index (χ2n) is 4.19. The van der Waals surface area contributed by atoms with Crippen molar-refractivity contribution in [3.05, 3.63) is 28.2 Å². The van der Waals surface area contributed by atoms with Gasteiger partial charge in [-0.3, -0.25) is 4.79 Å². The van der Waals surface area contributed by atoms with E-state index < -0.39 is 11.9 Å². The summed E-state index contributed by atoms with van der Waals surface area (Å²) in [4.78, 5) is 23.0. The lowest BCUT2D eigenvalue weighted by Crippen LogP contribution is -2.08. The van der Waals surface area contributed by atoms with Crippen LogP contribution in [0.5, 0.6) is 0 Å². The van der Waals surface area contributed by atoms with Gasteiger partial charge in [0, 0.05) is 17.0 Å². The molecule has 5 nitrogen and oxygen atoms in total. The van der Waals surface area contributed by atoms with Crippen LogP contribution in [0.4, 0.5) is 5.00 Å². The molecule has 19 heavy (non-hydrogen) atoms. The Morgan fingerprint density at radius 3 is 2.74 bits per heavy atom. The van der Waals surface area contributed by atoms with E-state index in [2.05, 4.69) is 11.4 Å². The molecule has 0 bridgehead atoms. The van der Waals surface area contributed by atoms with Crippen molar-refractivity contribution in [2.24, 2.45) is 0 Å². The summed E-state index contributed by atoms with van der Waals surface area (Å²) in [5.74, 6) is -1.71. The summed E-state index contributed by atoms with van der Waals surface area (Å²) in [6, 6.07) is 2.13. The van der Waals surface area contributed by atoms with Gasteiger partial charge in [-0.2, -0.15) is 5.26 Å². The number of hydrogen-bond donors (Lipinski definition) is 2. The monoisotopic (exact) mass is 276 g/mol. The van der Waals surface area contributed by atoms with Crippen LogP contribution in [0.2, 0.25) is 0 Å². The quantitative estimate of drug-likeness (QED) is 0.827. The molecule has 6 heteroatoms. The van der Waals surface area contributed by atoms with Crippen LogP contribution in [0.1, 0.15) is 28.8 Å². The molecule has 1 heterocycles. The number of aryl methyl sites for hydroxylation is 1. The maximum atomic E-state index is 11.5. The lowest BCUT2D eigenvalue weighted by molar-refractivity contribution is -0.131. The predicted octanol–water partition coefficient (Wildman–Crippen LogP) is 2.08. The van der Waals surface area contributed by atoms with Gasteiger partial charge in [0.2, 0.25) is 5.91 Å². The largest absolute Gasteiger partial charge is 0.478 e. The molecular weight excluding hydrogens is 264 g/mol. The van der Waals surface area contributed by atoms with Crippen molar-refractivity contribution < 1.29 is 14.7 Å². The van der Waals surface area contributed by atoms with E-state index in [9.17, 15) is 14.9 Å². The third-order valence-electron chi connectivity index (χ3n) is 2.90. The highest BCUT2D eigenvalue weighted by Crippen LogP contribution is 2.37. The van der Waals surface area contributed by atoms with Gasteiger partial charge < -0.3 is 10.4 Å². The number of fused-ring (bicyclic) bond motifs is 1. The summed E-state index contributed by atoms with van der Waals surface area (Å²) in [5.41, 5.74) is 1.56. The number of rotatable bonds is 3. The lowest BCUT2D eigenvalue weighted by atomic mass is 9.96. The fourth-order valence-corrected chi connectivity index (χ4v) is 3.32. The van der Waals surface area contributed by atoms with E-state index in [0.717, 1.165) is 48.3 Å². The first kappa shape index (κ1) is 13.3. The summed E-state index contributed by atoms with van der Waals surface area (Å²) in [5, 5.41) is 20.7. The average molecular weight is 276 g/mol. The number of thiophene rings is 1. The van der Waals surface area contributed by atoms with E-state index in [1.54, 1.807) is 0 Å². The number of nitrogens with zero attached hydrogens (tertiary/aromatic N) is 1. The van der Waals surface area contributed by atoms with Gasteiger partial charge in [-0.25, -0.2) is 4.79 Å². The van der Waals surface area contributed by atoms with E-state index in [4.69, 9.17) is 5.11 Å². The first-order valence-electron chi connectivity index (χ1n) is 5.88. The van der Waals surface area contributed by atoms with Gasteiger partial charge in [0.15, 0.2) is 0 Å². The van der Waals surface area contributed by atoms with E-state index in [-0.39, 0.29) is 0 Å². The number of carbonyl (C=O) groups excluding carboxylic acids is 1. The van der Waals surface area contributed by atoms with Crippen LogP contribution in [0, 0.1) is 11.3 Å². The molecule has 1 aliphatic rings. The molecule has 1 amide bonds. The van der Waals surface area contributed by atoms with Gasteiger partial charge in [-0.05, 0) is 31.2 Å². The third kappa shape index (κ3) is 3.01. The number of aliphatic carboxylic acids is 1. The van der Waals surface area contributed by atoms with Crippen molar-refractivity contribution >= 4 is 28.2 Å². The molecule has 0 fully saturated rings. The molecule has 0 radical (unpaired) electrons. The highest BCUT2D eigenvalue weighted by atomic mass is 32.1. The Morgan fingerprint density at radius 1 is 1.32 bits per heavy atom. The molecule has 2 rings (SSSR count). The van der Waals surface area contributed by atoms with Crippen LogP contribution in [-0.4, -0.2) is 17.0 Å². The summed E-state index contributed by atoms with van der Waals surface area (Å²) >= 11 is 1.41. The van der Waals surface area contributed by atoms with Gasteiger partial charge in [-0.15, -0.1) is 11.3 Å². The molecule has 1 aliphatic carbocycles.